The highest BCUT2D eigenvalue weighted by Gasteiger charge is 2.04. The van der Waals surface area contributed by atoms with Gasteiger partial charge in [0.1, 0.15) is 4.99 Å². The van der Waals surface area contributed by atoms with Crippen LogP contribution in [-0.2, 0) is 4.79 Å². The van der Waals surface area contributed by atoms with Crippen molar-refractivity contribution in [2.75, 3.05) is 11.9 Å². The summed E-state index contributed by atoms with van der Waals surface area (Å²) in [6.07, 6.45) is 3.47. The van der Waals surface area contributed by atoms with E-state index >= 15 is 0 Å². The maximum Gasteiger partial charge on any atom is 0.219 e. The number of hydrogen-bond donors (Lipinski definition) is 3. The van der Waals surface area contributed by atoms with Gasteiger partial charge in [0.2, 0.25) is 5.91 Å². The van der Waals surface area contributed by atoms with Crippen molar-refractivity contribution in [1.29, 1.82) is 0 Å². The Kier molecular flexibility index (Phi) is 3.99. The van der Waals surface area contributed by atoms with Crippen molar-refractivity contribution in [3.05, 3.63) is 24.0 Å². The average Bonchev–Trinajstić information content (AvgIpc) is 2.17. The topological polar surface area (TPSA) is 94.0 Å². The second kappa shape index (κ2) is 5.26. The molecule has 0 radical (unpaired) electrons. The first-order valence-electron chi connectivity index (χ1n) is 4.37. The molecule has 0 saturated carbocycles. The lowest BCUT2D eigenvalue weighted by Crippen LogP contribution is -2.18. The number of pyridine rings is 1. The minimum atomic E-state index is -0.358. The van der Waals surface area contributed by atoms with Gasteiger partial charge in [-0.3, -0.25) is 9.78 Å². The van der Waals surface area contributed by atoms with Gasteiger partial charge in [0, 0.05) is 24.7 Å². The lowest BCUT2D eigenvalue weighted by Gasteiger charge is -2.09. The Morgan fingerprint density at radius 1 is 1.53 bits per heavy atom. The number of nitrogens with two attached hydrogens (primary N) is 2. The molecule has 0 fully saturated rings. The van der Waals surface area contributed by atoms with Gasteiger partial charge >= 0.3 is 0 Å². The summed E-state index contributed by atoms with van der Waals surface area (Å²) in [5.41, 5.74) is 12.0. The Morgan fingerprint density at radius 2 is 2.27 bits per heavy atom. The Bertz CT molecular complexity index is 380. The summed E-state index contributed by atoms with van der Waals surface area (Å²) in [4.78, 5) is 14.7. The molecule has 0 atom stereocenters. The van der Waals surface area contributed by atoms with Gasteiger partial charge in [-0.2, -0.15) is 0 Å². The van der Waals surface area contributed by atoms with Crippen LogP contribution in [0.2, 0.25) is 0 Å². The monoisotopic (exact) mass is 224 g/mol. The van der Waals surface area contributed by atoms with Gasteiger partial charge in [-0.15, -0.1) is 0 Å². The van der Waals surface area contributed by atoms with E-state index in [2.05, 4.69) is 10.3 Å². The molecule has 1 rings (SSSR count). The molecular formula is C9H12N4OS. The highest BCUT2D eigenvalue weighted by Crippen LogP contribution is 2.12. The zero-order chi connectivity index (χ0) is 11.3. The smallest absolute Gasteiger partial charge is 0.219 e. The van der Waals surface area contributed by atoms with Crippen LogP contribution < -0.4 is 16.8 Å². The average molecular weight is 224 g/mol. The van der Waals surface area contributed by atoms with Crippen molar-refractivity contribution in [2.45, 2.75) is 6.42 Å². The molecule has 1 amide bonds. The number of nitrogens with zero attached hydrogens (tertiary/aromatic N) is 1. The van der Waals surface area contributed by atoms with Gasteiger partial charge in [-0.25, -0.2) is 0 Å². The Morgan fingerprint density at radius 3 is 2.87 bits per heavy atom. The van der Waals surface area contributed by atoms with Crippen LogP contribution in [0.3, 0.4) is 0 Å². The quantitative estimate of drug-likeness (QED) is 0.612. The molecule has 15 heavy (non-hydrogen) atoms. The van der Waals surface area contributed by atoms with Crippen molar-refractivity contribution >= 4 is 28.8 Å². The summed E-state index contributed by atoms with van der Waals surface area (Å²) >= 11 is 4.87. The fourth-order valence-corrected chi connectivity index (χ4v) is 1.25. The van der Waals surface area contributed by atoms with E-state index in [4.69, 9.17) is 23.7 Å². The minimum absolute atomic E-state index is 0.256. The predicted octanol–water partition coefficient (Wildman–Crippen LogP) is 0.00310. The Balaban J connectivity index is 2.67. The summed E-state index contributed by atoms with van der Waals surface area (Å²) in [6, 6.07) is 1.72. The van der Waals surface area contributed by atoms with Crippen LogP contribution in [0.5, 0.6) is 0 Å². The maximum atomic E-state index is 10.5. The van der Waals surface area contributed by atoms with Crippen molar-refractivity contribution in [2.24, 2.45) is 11.5 Å². The second-order valence-corrected chi connectivity index (χ2v) is 3.37. The number of aromatic nitrogens is 1. The number of carbonyl (C=O) groups is 1. The fraction of sp³-hybridized carbons (Fsp3) is 0.222. The lowest BCUT2D eigenvalue weighted by atomic mass is 10.2. The number of primary amides is 1. The molecule has 1 aromatic rings. The van der Waals surface area contributed by atoms with Crippen molar-refractivity contribution in [3.63, 3.8) is 0 Å². The van der Waals surface area contributed by atoms with E-state index < -0.39 is 0 Å². The summed E-state index contributed by atoms with van der Waals surface area (Å²) < 4.78 is 0. The molecule has 5 N–H and O–H groups in total. The zero-order valence-electron chi connectivity index (χ0n) is 8.06. The summed E-state index contributed by atoms with van der Waals surface area (Å²) in [5.74, 6) is -0.358. The first kappa shape index (κ1) is 11.4. The lowest BCUT2D eigenvalue weighted by molar-refractivity contribution is -0.117. The Labute approximate surface area is 92.9 Å². The SMILES string of the molecule is NC(=O)CCNc1cnccc1C(N)=S. The van der Waals surface area contributed by atoms with E-state index in [0.29, 0.717) is 22.8 Å². The summed E-state index contributed by atoms with van der Waals surface area (Å²) in [7, 11) is 0. The van der Waals surface area contributed by atoms with Gasteiger partial charge in [-0.1, -0.05) is 12.2 Å². The molecule has 0 spiro atoms. The molecule has 0 aliphatic heterocycles. The van der Waals surface area contributed by atoms with Crippen LogP contribution in [0, 0.1) is 0 Å². The van der Waals surface area contributed by atoms with Crippen LogP contribution >= 0.6 is 12.2 Å². The molecule has 1 aromatic heterocycles. The molecular weight excluding hydrogens is 212 g/mol. The predicted molar refractivity (Wildman–Crippen MR) is 62.4 cm³/mol. The van der Waals surface area contributed by atoms with Crippen molar-refractivity contribution < 1.29 is 4.79 Å². The van der Waals surface area contributed by atoms with Crippen LogP contribution in [0.15, 0.2) is 18.5 Å². The molecule has 6 heteroatoms. The molecule has 0 aromatic carbocycles. The third-order valence-corrected chi connectivity index (χ3v) is 1.99. The molecule has 0 aliphatic rings. The van der Waals surface area contributed by atoms with E-state index in [1.165, 1.54) is 0 Å². The highest BCUT2D eigenvalue weighted by molar-refractivity contribution is 7.80. The number of hydrogen-bond acceptors (Lipinski definition) is 4. The molecule has 1 heterocycles. The van der Waals surface area contributed by atoms with Crippen LogP contribution in [-0.4, -0.2) is 22.4 Å². The normalized spacial score (nSPS) is 9.60. The first-order chi connectivity index (χ1) is 7.11. The number of carbonyl (C=O) groups excluding carboxylic acids is 1. The van der Waals surface area contributed by atoms with Gasteiger partial charge in [0.25, 0.3) is 0 Å². The van der Waals surface area contributed by atoms with Crippen LogP contribution in [0.4, 0.5) is 5.69 Å². The largest absolute Gasteiger partial charge is 0.389 e. The summed E-state index contributed by atoms with van der Waals surface area (Å²) in [5, 5.41) is 3.00. The van der Waals surface area contributed by atoms with Gasteiger partial charge in [-0.05, 0) is 6.07 Å². The van der Waals surface area contributed by atoms with E-state index in [1.807, 2.05) is 0 Å². The number of amides is 1. The zero-order valence-corrected chi connectivity index (χ0v) is 8.88. The van der Waals surface area contributed by atoms with Crippen molar-refractivity contribution in [1.82, 2.24) is 4.98 Å². The van der Waals surface area contributed by atoms with Gasteiger partial charge in [0.05, 0.1) is 11.9 Å². The Hall–Kier alpha value is -1.69. The van der Waals surface area contributed by atoms with E-state index in [-0.39, 0.29) is 12.3 Å². The van der Waals surface area contributed by atoms with E-state index in [1.54, 1.807) is 18.5 Å². The fourth-order valence-electron chi connectivity index (χ4n) is 1.07. The molecule has 5 nitrogen and oxygen atoms in total. The molecule has 0 saturated heterocycles. The number of anilines is 1. The third-order valence-electron chi connectivity index (χ3n) is 1.77. The molecule has 0 unspecified atom stereocenters. The number of rotatable bonds is 5. The van der Waals surface area contributed by atoms with Gasteiger partial charge in [0.15, 0.2) is 0 Å². The van der Waals surface area contributed by atoms with E-state index in [0.717, 1.165) is 0 Å². The highest BCUT2D eigenvalue weighted by atomic mass is 32.1. The third kappa shape index (κ3) is 3.51. The molecule has 0 bridgehead atoms. The number of nitrogens with one attached hydrogen (secondary N) is 1. The first-order valence-corrected chi connectivity index (χ1v) is 4.78. The molecule has 0 aliphatic carbocycles. The number of thiocarbonyl (C=S) groups is 1. The summed E-state index contributed by atoms with van der Waals surface area (Å²) in [6.45, 7) is 0.441. The van der Waals surface area contributed by atoms with Crippen LogP contribution in [0.1, 0.15) is 12.0 Å². The maximum absolute atomic E-state index is 10.5. The van der Waals surface area contributed by atoms with E-state index in [9.17, 15) is 4.79 Å². The van der Waals surface area contributed by atoms with Crippen molar-refractivity contribution in [3.8, 4) is 0 Å². The standard InChI is InChI=1S/C9H12N4OS/c10-8(14)2-4-13-7-5-12-3-1-6(7)9(11)15/h1,3,5,13H,2,4H2,(H2,10,14)(H2,11,15). The molecule has 80 valence electrons. The van der Waals surface area contributed by atoms with Crippen LogP contribution in [0.25, 0.3) is 0 Å². The minimum Gasteiger partial charge on any atom is -0.389 e. The second-order valence-electron chi connectivity index (χ2n) is 2.93. The van der Waals surface area contributed by atoms with Gasteiger partial charge < -0.3 is 16.8 Å².